The van der Waals surface area contributed by atoms with Crippen LogP contribution in [0.4, 0.5) is 5.69 Å². The number of nitrogens with one attached hydrogen (secondary N) is 1. The van der Waals surface area contributed by atoms with Crippen molar-refractivity contribution in [3.8, 4) is 0 Å². The maximum atomic E-state index is 13.6. The van der Waals surface area contributed by atoms with E-state index in [2.05, 4.69) is 5.32 Å². The van der Waals surface area contributed by atoms with Crippen LogP contribution in [0.5, 0.6) is 0 Å². The zero-order valence-electron chi connectivity index (χ0n) is 20.8. The normalized spacial score (nSPS) is 21.4. The van der Waals surface area contributed by atoms with Gasteiger partial charge in [0.2, 0.25) is 11.8 Å². The fourth-order valence-electron chi connectivity index (χ4n) is 4.79. The lowest BCUT2D eigenvalue weighted by atomic mass is 10.0. The minimum Gasteiger partial charge on any atom is -0.378 e. The third-order valence-electron chi connectivity index (χ3n) is 6.70. The van der Waals surface area contributed by atoms with E-state index < -0.39 is 18.1 Å². The number of fused-ring (bicyclic) bond motifs is 1. The summed E-state index contributed by atoms with van der Waals surface area (Å²) in [6, 6.07) is 4.73. The Balaban J connectivity index is 1.76. The van der Waals surface area contributed by atoms with Crippen LogP contribution in [0.2, 0.25) is 0 Å². The Morgan fingerprint density at radius 2 is 1.76 bits per heavy atom. The molecule has 2 aliphatic rings. The van der Waals surface area contributed by atoms with E-state index >= 15 is 0 Å². The van der Waals surface area contributed by atoms with Crippen molar-refractivity contribution in [2.24, 2.45) is 11.7 Å². The van der Waals surface area contributed by atoms with Crippen LogP contribution < -0.4 is 16.0 Å². The summed E-state index contributed by atoms with van der Waals surface area (Å²) < 4.78 is 0. The highest BCUT2D eigenvalue weighted by atomic mass is 16.2. The molecule has 3 N–H and O–H groups in total. The molecule has 186 valence electrons. The molecule has 2 heterocycles. The Morgan fingerprint density at radius 1 is 1.12 bits per heavy atom. The molecule has 0 spiro atoms. The minimum absolute atomic E-state index is 0.0227. The van der Waals surface area contributed by atoms with Gasteiger partial charge in [-0.3, -0.25) is 19.2 Å². The van der Waals surface area contributed by atoms with Crippen molar-refractivity contribution in [1.82, 2.24) is 15.1 Å². The average Bonchev–Trinajstić information content (AvgIpc) is 3.38. The van der Waals surface area contributed by atoms with Crippen LogP contribution in [0.1, 0.15) is 50.4 Å². The Labute approximate surface area is 201 Å². The van der Waals surface area contributed by atoms with Crippen molar-refractivity contribution >= 4 is 29.2 Å². The van der Waals surface area contributed by atoms with Crippen molar-refractivity contribution in [2.75, 3.05) is 32.1 Å². The Bertz CT molecular complexity index is 930. The molecule has 0 aliphatic carbocycles. The molecule has 2 aliphatic heterocycles. The van der Waals surface area contributed by atoms with Crippen molar-refractivity contribution in [1.29, 1.82) is 0 Å². The molecule has 0 bridgehead atoms. The average molecular weight is 472 g/mol. The number of anilines is 1. The molecule has 2 fully saturated rings. The first-order valence-corrected chi connectivity index (χ1v) is 12.0. The summed E-state index contributed by atoms with van der Waals surface area (Å²) in [6.07, 6.45) is 1.46. The molecular weight excluding hydrogens is 434 g/mol. The Kier molecular flexibility index (Phi) is 7.97. The largest absolute Gasteiger partial charge is 0.378 e. The predicted octanol–water partition coefficient (Wildman–Crippen LogP) is 1.02. The molecule has 4 atom stereocenters. The number of benzene rings is 1. The lowest BCUT2D eigenvalue weighted by Gasteiger charge is -2.29. The number of amides is 3. The third-order valence-corrected chi connectivity index (χ3v) is 6.70. The van der Waals surface area contributed by atoms with Crippen LogP contribution in [0.25, 0.3) is 0 Å². The van der Waals surface area contributed by atoms with E-state index in [4.69, 9.17) is 5.73 Å². The van der Waals surface area contributed by atoms with Crippen LogP contribution in [0, 0.1) is 5.92 Å². The van der Waals surface area contributed by atoms with Crippen molar-refractivity contribution in [3.63, 3.8) is 0 Å². The zero-order chi connectivity index (χ0) is 25.2. The number of carbonyl (C=O) groups is 4. The van der Waals surface area contributed by atoms with Gasteiger partial charge in [-0.15, -0.1) is 0 Å². The topological polar surface area (TPSA) is 116 Å². The number of nitrogens with zero attached hydrogens (tertiary/aromatic N) is 3. The van der Waals surface area contributed by atoms with E-state index in [9.17, 15) is 19.2 Å². The first-order valence-electron chi connectivity index (χ1n) is 12.0. The molecule has 3 rings (SSSR count). The smallest absolute Gasteiger partial charge is 0.251 e. The second-order valence-corrected chi connectivity index (χ2v) is 9.88. The van der Waals surface area contributed by atoms with E-state index in [1.54, 1.807) is 17.0 Å². The third kappa shape index (κ3) is 5.24. The SMILES string of the molecule is CC[C@H](N)C(=O)N1CC(=O)[C@@H]2[C@H]1CCN2C(=O)[C@H](CC(C)C)NC(=O)c1ccc(N(C)C)cc1. The fourth-order valence-corrected chi connectivity index (χ4v) is 4.79. The standard InChI is InChI=1S/C25H37N5O4/c1-6-18(26)24(33)30-14-21(31)22-20(30)11-12-29(22)25(34)19(13-15(2)3)27-23(32)16-7-9-17(10-8-16)28(4)5/h7-10,15,18-20,22H,6,11-14,26H2,1-5H3,(H,27,32)/t18-,19-,20+,22-/m0/s1. The van der Waals surface area contributed by atoms with Gasteiger partial charge in [0, 0.05) is 31.9 Å². The molecule has 0 aromatic heterocycles. The Morgan fingerprint density at radius 3 is 2.32 bits per heavy atom. The van der Waals surface area contributed by atoms with Gasteiger partial charge in [-0.1, -0.05) is 20.8 Å². The molecule has 9 nitrogen and oxygen atoms in total. The van der Waals surface area contributed by atoms with E-state index in [0.717, 1.165) is 5.69 Å². The summed E-state index contributed by atoms with van der Waals surface area (Å²) in [4.78, 5) is 57.1. The highest BCUT2D eigenvalue weighted by Gasteiger charge is 2.52. The highest BCUT2D eigenvalue weighted by Crippen LogP contribution is 2.31. The van der Waals surface area contributed by atoms with Crippen molar-refractivity contribution < 1.29 is 19.2 Å². The van der Waals surface area contributed by atoms with Crippen LogP contribution in [0.3, 0.4) is 0 Å². The number of rotatable bonds is 8. The van der Waals surface area contributed by atoms with Gasteiger partial charge in [0.25, 0.3) is 5.91 Å². The minimum atomic E-state index is -0.754. The van der Waals surface area contributed by atoms with Gasteiger partial charge < -0.3 is 25.8 Å². The maximum Gasteiger partial charge on any atom is 0.251 e. The highest BCUT2D eigenvalue weighted by molar-refractivity contribution is 6.01. The number of hydrogen-bond donors (Lipinski definition) is 2. The van der Waals surface area contributed by atoms with Crippen molar-refractivity contribution in [3.05, 3.63) is 29.8 Å². The number of hydrogen-bond acceptors (Lipinski definition) is 6. The lowest BCUT2D eigenvalue weighted by Crippen LogP contribution is -2.53. The first-order chi connectivity index (χ1) is 16.0. The molecule has 9 heteroatoms. The van der Waals surface area contributed by atoms with Gasteiger partial charge in [0.15, 0.2) is 5.78 Å². The number of nitrogens with two attached hydrogens (primary N) is 1. The summed E-state index contributed by atoms with van der Waals surface area (Å²) >= 11 is 0. The predicted molar refractivity (Wildman–Crippen MR) is 130 cm³/mol. The van der Waals surface area contributed by atoms with Crippen LogP contribution in [-0.4, -0.2) is 84.7 Å². The van der Waals surface area contributed by atoms with Gasteiger partial charge in [-0.05, 0) is 49.4 Å². The van der Waals surface area contributed by atoms with E-state index in [0.29, 0.717) is 31.4 Å². The fraction of sp³-hybridized carbons (Fsp3) is 0.600. The number of ketones is 1. The first kappa shape index (κ1) is 25.7. The van der Waals surface area contributed by atoms with Gasteiger partial charge in [0.05, 0.1) is 18.6 Å². The lowest BCUT2D eigenvalue weighted by molar-refractivity contribution is -0.138. The van der Waals surface area contributed by atoms with Crippen LogP contribution in [-0.2, 0) is 14.4 Å². The molecule has 0 radical (unpaired) electrons. The van der Waals surface area contributed by atoms with Gasteiger partial charge in [-0.2, -0.15) is 0 Å². The molecule has 0 saturated carbocycles. The van der Waals surface area contributed by atoms with Gasteiger partial charge in [-0.25, -0.2) is 0 Å². The molecular formula is C25H37N5O4. The summed E-state index contributed by atoms with van der Waals surface area (Å²) in [5.41, 5.74) is 7.36. The molecule has 0 unspecified atom stereocenters. The van der Waals surface area contributed by atoms with Crippen LogP contribution in [0.15, 0.2) is 24.3 Å². The maximum absolute atomic E-state index is 13.6. The number of carbonyl (C=O) groups excluding carboxylic acids is 4. The van der Waals surface area contributed by atoms with Gasteiger partial charge >= 0.3 is 0 Å². The Hall–Kier alpha value is -2.94. The van der Waals surface area contributed by atoms with E-state index in [1.165, 1.54) is 4.90 Å². The second-order valence-electron chi connectivity index (χ2n) is 9.88. The molecule has 1 aromatic carbocycles. The summed E-state index contributed by atoms with van der Waals surface area (Å²) in [6.45, 7) is 6.14. The summed E-state index contributed by atoms with van der Waals surface area (Å²) in [7, 11) is 3.84. The summed E-state index contributed by atoms with van der Waals surface area (Å²) in [5.74, 6) is -0.846. The monoisotopic (exact) mass is 471 g/mol. The molecule has 1 aromatic rings. The van der Waals surface area contributed by atoms with Crippen LogP contribution >= 0.6 is 0 Å². The van der Waals surface area contributed by atoms with E-state index in [1.807, 2.05) is 51.9 Å². The molecule has 2 saturated heterocycles. The van der Waals surface area contributed by atoms with E-state index in [-0.39, 0.29) is 42.0 Å². The number of Topliss-reactive ketones (excluding diaryl/α,β-unsaturated/α-hetero) is 1. The quantitative estimate of drug-likeness (QED) is 0.585. The summed E-state index contributed by atoms with van der Waals surface area (Å²) in [5, 5.41) is 2.89. The van der Waals surface area contributed by atoms with Crippen molar-refractivity contribution in [2.45, 2.75) is 64.2 Å². The molecule has 3 amide bonds. The van der Waals surface area contributed by atoms with Gasteiger partial charge in [0.1, 0.15) is 12.1 Å². The zero-order valence-corrected chi connectivity index (χ0v) is 20.8. The number of likely N-dealkylation sites (tertiary alicyclic amines) is 2. The second kappa shape index (κ2) is 10.5. The molecule has 34 heavy (non-hydrogen) atoms.